The lowest BCUT2D eigenvalue weighted by Gasteiger charge is -2.25. The van der Waals surface area contributed by atoms with Crippen molar-refractivity contribution in [3.05, 3.63) is 48.5 Å². The van der Waals surface area contributed by atoms with Crippen molar-refractivity contribution >= 4 is 11.9 Å². The zero-order chi connectivity index (χ0) is 16.2. The molecule has 2 aromatic rings. The lowest BCUT2D eigenvalue weighted by Crippen LogP contribution is -2.52. The van der Waals surface area contributed by atoms with Gasteiger partial charge in [-0.05, 0) is 37.6 Å². The summed E-state index contributed by atoms with van der Waals surface area (Å²) >= 11 is 0. The number of aromatic nitrogens is 2. The molecule has 0 aliphatic carbocycles. The fourth-order valence-corrected chi connectivity index (χ4v) is 2.24. The second-order valence-corrected chi connectivity index (χ2v) is 5.36. The normalized spacial score (nSPS) is 13.4. The molecule has 0 aliphatic heterocycles. The van der Waals surface area contributed by atoms with Crippen molar-refractivity contribution < 1.29 is 14.7 Å². The van der Waals surface area contributed by atoms with Gasteiger partial charge >= 0.3 is 5.97 Å². The van der Waals surface area contributed by atoms with Crippen LogP contribution in [0.2, 0.25) is 0 Å². The van der Waals surface area contributed by atoms with Crippen LogP contribution < -0.4 is 5.32 Å². The van der Waals surface area contributed by atoms with Gasteiger partial charge in [0, 0.05) is 23.6 Å². The van der Waals surface area contributed by atoms with Crippen LogP contribution in [0.3, 0.4) is 0 Å². The van der Waals surface area contributed by atoms with Gasteiger partial charge in [-0.3, -0.25) is 4.79 Å². The highest BCUT2D eigenvalue weighted by molar-refractivity contribution is 5.97. The van der Waals surface area contributed by atoms with E-state index in [9.17, 15) is 14.7 Å². The third kappa shape index (κ3) is 3.33. The van der Waals surface area contributed by atoms with E-state index in [0.29, 0.717) is 18.4 Å². The fourth-order valence-electron chi connectivity index (χ4n) is 2.24. The van der Waals surface area contributed by atoms with Crippen LogP contribution in [-0.4, -0.2) is 32.1 Å². The van der Waals surface area contributed by atoms with E-state index in [4.69, 9.17) is 0 Å². The van der Waals surface area contributed by atoms with E-state index in [1.54, 1.807) is 43.0 Å². The second-order valence-electron chi connectivity index (χ2n) is 5.36. The van der Waals surface area contributed by atoms with E-state index in [1.807, 2.05) is 11.5 Å². The first-order chi connectivity index (χ1) is 10.5. The Morgan fingerprint density at radius 3 is 2.50 bits per heavy atom. The summed E-state index contributed by atoms with van der Waals surface area (Å²) in [5.41, 5.74) is 0.0468. The molecular weight excluding hydrogens is 282 g/mol. The van der Waals surface area contributed by atoms with Crippen molar-refractivity contribution in [3.63, 3.8) is 0 Å². The molecule has 1 unspecified atom stereocenters. The van der Waals surface area contributed by atoms with E-state index < -0.39 is 17.4 Å². The Labute approximate surface area is 128 Å². The van der Waals surface area contributed by atoms with Crippen molar-refractivity contribution in [2.24, 2.45) is 0 Å². The van der Waals surface area contributed by atoms with Gasteiger partial charge in [0.1, 0.15) is 5.54 Å². The summed E-state index contributed by atoms with van der Waals surface area (Å²) in [6.07, 6.45) is 6.18. The third-order valence-electron chi connectivity index (χ3n) is 3.54. The summed E-state index contributed by atoms with van der Waals surface area (Å²) in [6, 6.07) is 6.90. The zero-order valence-electron chi connectivity index (χ0n) is 12.6. The Kier molecular flexibility index (Phi) is 4.60. The van der Waals surface area contributed by atoms with Crippen LogP contribution in [0.25, 0.3) is 5.69 Å². The van der Waals surface area contributed by atoms with Crippen molar-refractivity contribution in [3.8, 4) is 5.69 Å². The molecule has 1 heterocycles. The van der Waals surface area contributed by atoms with Crippen LogP contribution in [0.15, 0.2) is 43.0 Å². The highest BCUT2D eigenvalue weighted by Gasteiger charge is 2.33. The monoisotopic (exact) mass is 301 g/mol. The molecule has 1 atom stereocenters. The van der Waals surface area contributed by atoms with Crippen LogP contribution in [0.1, 0.15) is 37.0 Å². The molecule has 116 valence electrons. The van der Waals surface area contributed by atoms with Crippen molar-refractivity contribution in [1.82, 2.24) is 14.9 Å². The van der Waals surface area contributed by atoms with Crippen molar-refractivity contribution in [1.29, 1.82) is 0 Å². The maximum absolute atomic E-state index is 12.2. The minimum Gasteiger partial charge on any atom is -0.480 e. The van der Waals surface area contributed by atoms with Crippen LogP contribution in [-0.2, 0) is 4.79 Å². The first kappa shape index (κ1) is 15.8. The lowest BCUT2D eigenvalue weighted by atomic mass is 9.95. The average Bonchev–Trinajstić information content (AvgIpc) is 3.01. The fraction of sp³-hybridized carbons (Fsp3) is 0.312. The highest BCUT2D eigenvalue weighted by atomic mass is 16.4. The van der Waals surface area contributed by atoms with E-state index in [-0.39, 0.29) is 0 Å². The first-order valence-corrected chi connectivity index (χ1v) is 7.10. The molecule has 0 fully saturated rings. The summed E-state index contributed by atoms with van der Waals surface area (Å²) in [7, 11) is 0. The van der Waals surface area contributed by atoms with E-state index in [1.165, 1.54) is 6.92 Å². The number of benzene rings is 1. The van der Waals surface area contributed by atoms with Gasteiger partial charge in [0.25, 0.3) is 5.91 Å². The van der Waals surface area contributed by atoms with Gasteiger partial charge in [-0.25, -0.2) is 9.78 Å². The molecule has 0 radical (unpaired) electrons. The molecule has 0 saturated carbocycles. The minimum absolute atomic E-state index is 0.376. The second kappa shape index (κ2) is 6.43. The van der Waals surface area contributed by atoms with Crippen molar-refractivity contribution in [2.45, 2.75) is 32.2 Å². The smallest absolute Gasteiger partial charge is 0.329 e. The first-order valence-electron chi connectivity index (χ1n) is 7.10. The maximum Gasteiger partial charge on any atom is 0.329 e. The van der Waals surface area contributed by atoms with Gasteiger partial charge in [-0.2, -0.15) is 0 Å². The van der Waals surface area contributed by atoms with Crippen LogP contribution in [0.4, 0.5) is 0 Å². The number of carbonyl (C=O) groups is 2. The molecule has 0 spiro atoms. The van der Waals surface area contributed by atoms with Gasteiger partial charge in [0.05, 0.1) is 6.33 Å². The number of aliphatic carboxylic acids is 1. The van der Waals surface area contributed by atoms with Gasteiger partial charge in [-0.15, -0.1) is 0 Å². The molecular formula is C16H19N3O3. The average molecular weight is 301 g/mol. The maximum atomic E-state index is 12.2. The van der Waals surface area contributed by atoms with Gasteiger partial charge in [-0.1, -0.05) is 13.3 Å². The Morgan fingerprint density at radius 2 is 2.00 bits per heavy atom. The molecule has 2 rings (SSSR count). The van der Waals surface area contributed by atoms with Crippen molar-refractivity contribution in [2.75, 3.05) is 0 Å². The predicted molar refractivity (Wildman–Crippen MR) is 82.0 cm³/mol. The largest absolute Gasteiger partial charge is 0.480 e. The van der Waals surface area contributed by atoms with Crippen LogP contribution in [0, 0.1) is 0 Å². The number of imidazole rings is 1. The van der Waals surface area contributed by atoms with Gasteiger partial charge in [0.15, 0.2) is 0 Å². The lowest BCUT2D eigenvalue weighted by molar-refractivity contribution is -0.144. The molecule has 1 aromatic carbocycles. The number of hydrogen-bond donors (Lipinski definition) is 2. The van der Waals surface area contributed by atoms with Crippen LogP contribution in [0.5, 0.6) is 0 Å². The Bertz CT molecular complexity index is 650. The summed E-state index contributed by atoms with van der Waals surface area (Å²) in [6.45, 7) is 3.41. The number of carboxylic acids is 1. The van der Waals surface area contributed by atoms with E-state index >= 15 is 0 Å². The minimum atomic E-state index is -1.26. The number of carbonyl (C=O) groups excluding carboxylic acids is 1. The summed E-state index contributed by atoms with van der Waals surface area (Å²) in [5, 5.41) is 11.9. The topological polar surface area (TPSA) is 84.2 Å². The molecule has 6 heteroatoms. The molecule has 1 amide bonds. The third-order valence-corrected chi connectivity index (χ3v) is 3.54. The summed E-state index contributed by atoms with van der Waals surface area (Å²) in [5.74, 6) is -1.42. The molecule has 1 aromatic heterocycles. The Hall–Kier alpha value is -2.63. The van der Waals surface area contributed by atoms with E-state index in [0.717, 1.165) is 5.69 Å². The highest BCUT2D eigenvalue weighted by Crippen LogP contribution is 2.15. The number of carboxylic acid groups (broad SMARTS) is 1. The molecule has 0 saturated heterocycles. The van der Waals surface area contributed by atoms with Gasteiger partial charge in [0.2, 0.25) is 0 Å². The number of rotatable bonds is 6. The SMILES string of the molecule is CCCC(C)(NC(=O)c1ccc(-n2ccnc2)cc1)C(=O)O. The summed E-state index contributed by atoms with van der Waals surface area (Å²) in [4.78, 5) is 27.6. The number of amides is 1. The molecule has 6 nitrogen and oxygen atoms in total. The molecule has 0 aliphatic rings. The zero-order valence-corrected chi connectivity index (χ0v) is 12.6. The van der Waals surface area contributed by atoms with Gasteiger partial charge < -0.3 is 15.0 Å². The predicted octanol–water partition coefficient (Wildman–Crippen LogP) is 2.25. The quantitative estimate of drug-likeness (QED) is 0.857. The number of hydrogen-bond acceptors (Lipinski definition) is 3. The standard InChI is InChI=1S/C16H19N3O3/c1-3-8-16(2,15(21)22)18-14(20)12-4-6-13(7-5-12)19-10-9-17-11-19/h4-7,9-11H,3,8H2,1-2H3,(H,18,20)(H,21,22). The molecule has 2 N–H and O–H groups in total. The number of nitrogens with zero attached hydrogens (tertiary/aromatic N) is 2. The Balaban J connectivity index is 2.14. The van der Waals surface area contributed by atoms with Crippen LogP contribution >= 0.6 is 0 Å². The number of nitrogens with one attached hydrogen (secondary N) is 1. The Morgan fingerprint density at radius 1 is 1.32 bits per heavy atom. The summed E-state index contributed by atoms with van der Waals surface area (Å²) < 4.78 is 1.82. The molecule has 22 heavy (non-hydrogen) atoms. The van der Waals surface area contributed by atoms with E-state index in [2.05, 4.69) is 10.3 Å². The molecule has 0 bridgehead atoms.